The lowest BCUT2D eigenvalue weighted by Gasteiger charge is -2.13. The number of nitrogens with one attached hydrogen (secondary N) is 1. The van der Waals surface area contributed by atoms with Gasteiger partial charge in [-0.05, 0) is 42.5 Å². The first-order valence-electron chi connectivity index (χ1n) is 9.37. The Hall–Kier alpha value is -2.31. The van der Waals surface area contributed by atoms with Crippen molar-refractivity contribution in [3.63, 3.8) is 0 Å². The summed E-state index contributed by atoms with van der Waals surface area (Å²) in [6.45, 7) is 0.500. The Balaban J connectivity index is 1.41. The van der Waals surface area contributed by atoms with E-state index in [1.165, 1.54) is 29.5 Å². The minimum atomic E-state index is -3.93. The van der Waals surface area contributed by atoms with Crippen LogP contribution >= 0.6 is 22.9 Å². The molecule has 12 heteroatoms. The highest BCUT2D eigenvalue weighted by Crippen LogP contribution is 2.24. The molecule has 0 radical (unpaired) electrons. The highest BCUT2D eigenvalue weighted by atomic mass is 35.5. The van der Waals surface area contributed by atoms with Crippen LogP contribution < -0.4 is 4.72 Å². The normalized spacial score (nSPS) is 16.5. The number of carbonyl (C=O) groups excluding carboxylic acids is 1. The number of rotatable bonds is 8. The van der Waals surface area contributed by atoms with Crippen molar-refractivity contribution in [2.75, 3.05) is 13.2 Å². The maximum atomic E-state index is 12.6. The van der Waals surface area contributed by atoms with E-state index in [2.05, 4.69) is 14.9 Å². The molecule has 0 spiro atoms. The van der Waals surface area contributed by atoms with Crippen LogP contribution in [0.4, 0.5) is 0 Å². The lowest BCUT2D eigenvalue weighted by molar-refractivity contribution is 0.0429. The number of ether oxygens (including phenoxy) is 2. The summed E-state index contributed by atoms with van der Waals surface area (Å²) >= 11 is 7.52. The third-order valence-electron chi connectivity index (χ3n) is 4.52. The van der Waals surface area contributed by atoms with Crippen LogP contribution in [0, 0.1) is 0 Å². The van der Waals surface area contributed by atoms with Crippen molar-refractivity contribution in [2.24, 2.45) is 0 Å². The van der Waals surface area contributed by atoms with E-state index < -0.39 is 16.0 Å². The van der Waals surface area contributed by atoms with Gasteiger partial charge in [0.1, 0.15) is 4.90 Å². The quantitative estimate of drug-likeness (QED) is 0.484. The van der Waals surface area contributed by atoms with Gasteiger partial charge in [0, 0.05) is 13.2 Å². The van der Waals surface area contributed by atoms with E-state index >= 15 is 0 Å². The van der Waals surface area contributed by atoms with Crippen LogP contribution in [0.2, 0.25) is 5.02 Å². The number of hydrogen-bond acceptors (Lipinski definition) is 9. The van der Waals surface area contributed by atoms with Crippen LogP contribution in [0.3, 0.4) is 0 Å². The minimum Gasteiger partial charge on any atom is -0.452 e. The van der Waals surface area contributed by atoms with Crippen LogP contribution in [0.15, 0.2) is 45.1 Å². The van der Waals surface area contributed by atoms with E-state index in [9.17, 15) is 13.2 Å². The van der Waals surface area contributed by atoms with Gasteiger partial charge in [0.05, 0.1) is 21.6 Å². The molecule has 1 aromatic carbocycles. The molecule has 1 saturated heterocycles. The summed E-state index contributed by atoms with van der Waals surface area (Å²) in [6.07, 6.45) is 1.51. The molecule has 4 rings (SSSR count). The fraction of sp³-hybridized carbons (Fsp3) is 0.316. The number of benzene rings is 1. The molecule has 164 valence electrons. The zero-order valence-electron chi connectivity index (χ0n) is 16.1. The van der Waals surface area contributed by atoms with Crippen molar-refractivity contribution >= 4 is 38.9 Å². The van der Waals surface area contributed by atoms with E-state index in [1.54, 1.807) is 0 Å². The summed E-state index contributed by atoms with van der Waals surface area (Å²) in [5.41, 5.74) is 0.0277. The maximum Gasteiger partial charge on any atom is 0.338 e. The highest BCUT2D eigenvalue weighted by Gasteiger charge is 2.24. The van der Waals surface area contributed by atoms with E-state index in [4.69, 9.17) is 25.6 Å². The lowest BCUT2D eigenvalue weighted by atomic mass is 10.2. The zero-order chi connectivity index (χ0) is 21.8. The molecule has 0 aliphatic carbocycles. The van der Waals surface area contributed by atoms with E-state index in [0.29, 0.717) is 12.4 Å². The summed E-state index contributed by atoms with van der Waals surface area (Å²) in [4.78, 5) is 17.2. The topological polar surface area (TPSA) is 121 Å². The molecule has 0 bridgehead atoms. The molecular formula is C19H18ClN3O6S2. The van der Waals surface area contributed by atoms with Gasteiger partial charge in [0.15, 0.2) is 6.61 Å². The van der Waals surface area contributed by atoms with Gasteiger partial charge in [-0.15, -0.1) is 11.3 Å². The van der Waals surface area contributed by atoms with E-state index in [1.807, 2.05) is 17.5 Å². The third-order valence-corrected chi connectivity index (χ3v) is 7.29. The molecular weight excluding hydrogens is 466 g/mol. The monoisotopic (exact) mass is 483 g/mol. The van der Waals surface area contributed by atoms with Crippen molar-refractivity contribution in [3.05, 3.63) is 52.2 Å². The van der Waals surface area contributed by atoms with Crippen molar-refractivity contribution in [3.8, 4) is 10.7 Å². The second kappa shape index (κ2) is 9.45. The summed E-state index contributed by atoms with van der Waals surface area (Å²) in [6, 6.07) is 7.59. The van der Waals surface area contributed by atoms with Gasteiger partial charge in [-0.3, -0.25) is 0 Å². The first-order chi connectivity index (χ1) is 14.9. The van der Waals surface area contributed by atoms with Gasteiger partial charge in [0.2, 0.25) is 15.8 Å². The molecule has 9 nitrogen and oxygen atoms in total. The molecule has 1 fully saturated rings. The number of sulfonamides is 1. The van der Waals surface area contributed by atoms with Gasteiger partial charge < -0.3 is 14.0 Å². The molecule has 1 aliphatic rings. The van der Waals surface area contributed by atoms with E-state index in [-0.39, 0.29) is 40.6 Å². The Bertz CT molecular complexity index is 1160. The number of aromatic nitrogens is 2. The van der Waals surface area contributed by atoms with Crippen LogP contribution in [0.5, 0.6) is 0 Å². The second-order valence-electron chi connectivity index (χ2n) is 6.70. The first kappa shape index (κ1) is 21.9. The first-order valence-corrected chi connectivity index (χ1v) is 12.1. The SMILES string of the molecule is O=C(OCc1nc(-c2cccs2)no1)c1ccc(Cl)c(S(=O)(=O)NCC2CCCO2)c1. The number of carbonyl (C=O) groups is 1. The maximum absolute atomic E-state index is 12.6. The Labute approximate surface area is 187 Å². The van der Waals surface area contributed by atoms with Crippen molar-refractivity contribution in [2.45, 2.75) is 30.4 Å². The number of nitrogens with zero attached hydrogens (tertiary/aromatic N) is 2. The highest BCUT2D eigenvalue weighted by molar-refractivity contribution is 7.89. The zero-order valence-corrected chi connectivity index (χ0v) is 18.5. The fourth-order valence-electron chi connectivity index (χ4n) is 2.95. The number of esters is 1. The van der Waals surface area contributed by atoms with Gasteiger partial charge in [0.25, 0.3) is 5.89 Å². The van der Waals surface area contributed by atoms with Gasteiger partial charge in [-0.2, -0.15) is 4.98 Å². The van der Waals surface area contributed by atoms with Crippen molar-refractivity contribution < 1.29 is 27.2 Å². The predicted molar refractivity (Wildman–Crippen MR) is 112 cm³/mol. The molecule has 1 N–H and O–H groups in total. The number of thiophene rings is 1. The number of halogens is 1. The molecule has 3 aromatic rings. The Morgan fingerprint density at radius 2 is 2.23 bits per heavy atom. The van der Waals surface area contributed by atoms with E-state index in [0.717, 1.165) is 17.7 Å². The Morgan fingerprint density at radius 1 is 1.35 bits per heavy atom. The molecule has 31 heavy (non-hydrogen) atoms. The average molecular weight is 484 g/mol. The Morgan fingerprint density at radius 3 is 2.97 bits per heavy atom. The van der Waals surface area contributed by atoms with Crippen molar-refractivity contribution in [1.29, 1.82) is 0 Å². The fourth-order valence-corrected chi connectivity index (χ4v) is 5.19. The molecule has 0 amide bonds. The smallest absolute Gasteiger partial charge is 0.338 e. The van der Waals surface area contributed by atoms with Crippen LogP contribution in [-0.4, -0.2) is 43.8 Å². The minimum absolute atomic E-state index is 0.00567. The summed E-state index contributed by atoms with van der Waals surface area (Å²) < 4.78 is 43.5. The third kappa shape index (κ3) is 5.31. The largest absolute Gasteiger partial charge is 0.452 e. The lowest BCUT2D eigenvalue weighted by Crippen LogP contribution is -2.32. The predicted octanol–water partition coefficient (Wildman–Crippen LogP) is 3.27. The summed E-state index contributed by atoms with van der Waals surface area (Å²) in [7, 11) is -3.93. The molecule has 0 saturated carbocycles. The van der Waals surface area contributed by atoms with Gasteiger partial charge in [-0.1, -0.05) is 22.8 Å². The number of hydrogen-bond donors (Lipinski definition) is 1. The molecule has 1 unspecified atom stereocenters. The standard InChI is InChI=1S/C19H18ClN3O6S2/c20-14-6-5-12(9-16(14)31(25,26)21-10-13-3-1-7-27-13)19(24)28-11-17-22-18(23-29-17)15-4-2-8-30-15/h2,4-6,8-9,13,21H,1,3,7,10-11H2. The average Bonchev–Trinajstić information content (AvgIpc) is 3.53. The van der Waals surface area contributed by atoms with Crippen LogP contribution in [0.1, 0.15) is 29.1 Å². The Kier molecular flexibility index (Phi) is 6.68. The van der Waals surface area contributed by atoms with Crippen molar-refractivity contribution in [1.82, 2.24) is 14.9 Å². The second-order valence-corrected chi connectivity index (χ2v) is 9.79. The van der Waals surface area contributed by atoms with Crippen LogP contribution in [0.25, 0.3) is 10.7 Å². The summed E-state index contributed by atoms with van der Waals surface area (Å²) in [5.74, 6) is -0.224. The molecule has 3 heterocycles. The molecule has 2 aromatic heterocycles. The van der Waals surface area contributed by atoms with Gasteiger partial charge >= 0.3 is 5.97 Å². The molecule has 1 aliphatic heterocycles. The van der Waals surface area contributed by atoms with Crippen LogP contribution in [-0.2, 0) is 26.1 Å². The van der Waals surface area contributed by atoms with Gasteiger partial charge in [-0.25, -0.2) is 17.9 Å². The summed E-state index contributed by atoms with van der Waals surface area (Å²) in [5, 5.41) is 5.71. The molecule has 1 atom stereocenters.